The van der Waals surface area contributed by atoms with Gasteiger partial charge in [0.15, 0.2) is 5.13 Å². The lowest BCUT2D eigenvalue weighted by atomic mass is 9.92. The summed E-state index contributed by atoms with van der Waals surface area (Å²) < 4.78 is 0. The van der Waals surface area contributed by atoms with Crippen molar-refractivity contribution in [1.82, 2.24) is 15.6 Å². The quantitative estimate of drug-likeness (QED) is 0.797. The third-order valence-electron chi connectivity index (χ3n) is 3.18. The van der Waals surface area contributed by atoms with E-state index in [0.717, 1.165) is 5.69 Å². The molecular weight excluding hydrogens is 288 g/mol. The highest BCUT2D eigenvalue weighted by Gasteiger charge is 2.26. The lowest BCUT2D eigenvalue weighted by molar-refractivity contribution is -0.128. The minimum atomic E-state index is -0.470. The number of carbonyl (C=O) groups is 2. The maximum Gasteiger partial charge on any atom is 0.226 e. The highest BCUT2D eigenvalue weighted by atomic mass is 32.1. The second kappa shape index (κ2) is 7.51. The van der Waals surface area contributed by atoms with Gasteiger partial charge in [-0.15, -0.1) is 11.3 Å². The Morgan fingerprint density at radius 1 is 1.43 bits per heavy atom. The van der Waals surface area contributed by atoms with Gasteiger partial charge in [0.25, 0.3) is 0 Å². The van der Waals surface area contributed by atoms with E-state index in [1.54, 1.807) is 11.9 Å². The van der Waals surface area contributed by atoms with Crippen LogP contribution in [0.25, 0.3) is 0 Å². The molecule has 1 aromatic heterocycles. The molecule has 0 unspecified atom stereocenters. The molecule has 21 heavy (non-hydrogen) atoms. The van der Waals surface area contributed by atoms with Gasteiger partial charge in [0.1, 0.15) is 0 Å². The van der Waals surface area contributed by atoms with E-state index in [0.29, 0.717) is 24.8 Å². The van der Waals surface area contributed by atoms with Crippen LogP contribution < -0.4 is 15.5 Å². The molecule has 0 aliphatic carbocycles. The van der Waals surface area contributed by atoms with Crippen LogP contribution in [-0.4, -0.2) is 36.9 Å². The molecule has 1 rings (SSSR count). The van der Waals surface area contributed by atoms with Crippen molar-refractivity contribution in [3.8, 4) is 0 Å². The molecule has 6 nitrogen and oxygen atoms in total. The number of hydrogen-bond donors (Lipinski definition) is 2. The van der Waals surface area contributed by atoms with Gasteiger partial charge in [0.2, 0.25) is 11.8 Å². The lowest BCUT2D eigenvalue weighted by Crippen LogP contribution is -2.41. The van der Waals surface area contributed by atoms with Gasteiger partial charge in [-0.2, -0.15) is 0 Å². The summed E-state index contributed by atoms with van der Waals surface area (Å²) >= 11 is 1.45. The summed E-state index contributed by atoms with van der Waals surface area (Å²) in [6, 6.07) is 0. The molecular formula is C14H24N4O2S. The van der Waals surface area contributed by atoms with Crippen molar-refractivity contribution >= 4 is 28.3 Å². The molecule has 0 radical (unpaired) electrons. The van der Waals surface area contributed by atoms with E-state index in [2.05, 4.69) is 15.6 Å². The maximum atomic E-state index is 11.7. The molecule has 0 aromatic carbocycles. The predicted octanol–water partition coefficient (Wildman–Crippen LogP) is 1.38. The van der Waals surface area contributed by atoms with Gasteiger partial charge in [-0.05, 0) is 20.8 Å². The largest absolute Gasteiger partial charge is 0.359 e. The SMILES string of the molecule is CCN(C(C)=O)c1nc(CNCC(C)(C)C(=O)NC)cs1. The highest BCUT2D eigenvalue weighted by molar-refractivity contribution is 7.14. The predicted molar refractivity (Wildman–Crippen MR) is 85.4 cm³/mol. The molecule has 0 saturated carbocycles. The maximum absolute atomic E-state index is 11.7. The summed E-state index contributed by atoms with van der Waals surface area (Å²) in [6.07, 6.45) is 0. The molecule has 0 spiro atoms. The molecule has 118 valence electrons. The van der Waals surface area contributed by atoms with Gasteiger partial charge in [0.05, 0.1) is 11.1 Å². The fraction of sp³-hybridized carbons (Fsp3) is 0.643. The van der Waals surface area contributed by atoms with Crippen molar-refractivity contribution < 1.29 is 9.59 Å². The number of nitrogens with zero attached hydrogens (tertiary/aromatic N) is 2. The Labute approximate surface area is 129 Å². The van der Waals surface area contributed by atoms with Crippen LogP contribution in [0.3, 0.4) is 0 Å². The van der Waals surface area contributed by atoms with E-state index >= 15 is 0 Å². The molecule has 0 aliphatic rings. The summed E-state index contributed by atoms with van der Waals surface area (Å²) in [5.41, 5.74) is 0.407. The molecule has 2 amide bonds. The second-order valence-corrected chi connectivity index (χ2v) is 6.29. The number of thiazole rings is 1. The Hall–Kier alpha value is -1.47. The van der Waals surface area contributed by atoms with Gasteiger partial charge >= 0.3 is 0 Å². The zero-order valence-corrected chi connectivity index (χ0v) is 14.1. The second-order valence-electron chi connectivity index (χ2n) is 5.45. The van der Waals surface area contributed by atoms with E-state index in [1.807, 2.05) is 26.2 Å². The minimum Gasteiger partial charge on any atom is -0.359 e. The van der Waals surface area contributed by atoms with Crippen molar-refractivity contribution in [1.29, 1.82) is 0 Å². The van der Waals surface area contributed by atoms with Crippen LogP contribution in [0.4, 0.5) is 5.13 Å². The van der Waals surface area contributed by atoms with Crippen LogP contribution in [0.1, 0.15) is 33.4 Å². The Balaban J connectivity index is 2.56. The molecule has 0 saturated heterocycles. The van der Waals surface area contributed by atoms with Crippen LogP contribution >= 0.6 is 11.3 Å². The first kappa shape index (κ1) is 17.6. The fourth-order valence-corrected chi connectivity index (χ4v) is 2.85. The molecule has 2 N–H and O–H groups in total. The van der Waals surface area contributed by atoms with Crippen molar-refractivity contribution in [2.24, 2.45) is 5.41 Å². The summed E-state index contributed by atoms with van der Waals surface area (Å²) in [5.74, 6) is -0.00480. The van der Waals surface area contributed by atoms with Crippen molar-refractivity contribution in [3.63, 3.8) is 0 Å². The lowest BCUT2D eigenvalue weighted by Gasteiger charge is -2.22. The average Bonchev–Trinajstić information content (AvgIpc) is 2.86. The standard InChI is InChI=1S/C14H24N4O2S/c1-6-18(10(2)19)13-17-11(8-21-13)7-16-9-14(3,4)12(20)15-5/h8,16H,6-7,9H2,1-5H3,(H,15,20). The number of nitrogens with one attached hydrogen (secondary N) is 2. The molecule has 1 aromatic rings. The number of anilines is 1. The molecule has 0 atom stereocenters. The zero-order chi connectivity index (χ0) is 16.0. The smallest absolute Gasteiger partial charge is 0.226 e. The van der Waals surface area contributed by atoms with Gasteiger partial charge in [0, 0.05) is 39.0 Å². The number of rotatable bonds is 7. The first-order chi connectivity index (χ1) is 9.81. The van der Waals surface area contributed by atoms with Gasteiger partial charge in [-0.1, -0.05) is 0 Å². The number of aromatic nitrogens is 1. The van der Waals surface area contributed by atoms with Crippen LogP contribution in [0.5, 0.6) is 0 Å². The van der Waals surface area contributed by atoms with Crippen LogP contribution in [-0.2, 0) is 16.1 Å². The Morgan fingerprint density at radius 2 is 2.10 bits per heavy atom. The van der Waals surface area contributed by atoms with E-state index in [9.17, 15) is 9.59 Å². The van der Waals surface area contributed by atoms with Gasteiger partial charge in [-0.3, -0.25) is 14.5 Å². The van der Waals surface area contributed by atoms with E-state index in [4.69, 9.17) is 0 Å². The van der Waals surface area contributed by atoms with Crippen molar-refractivity contribution in [2.45, 2.75) is 34.2 Å². The summed E-state index contributed by atoms with van der Waals surface area (Å²) in [6.45, 7) is 8.98. The van der Waals surface area contributed by atoms with Crippen molar-refractivity contribution in [3.05, 3.63) is 11.1 Å². The third-order valence-corrected chi connectivity index (χ3v) is 4.09. The Morgan fingerprint density at radius 3 is 2.62 bits per heavy atom. The summed E-state index contributed by atoms with van der Waals surface area (Å²) in [5, 5.41) is 8.54. The van der Waals surface area contributed by atoms with E-state index in [-0.39, 0.29) is 11.8 Å². The average molecular weight is 312 g/mol. The summed E-state index contributed by atoms with van der Waals surface area (Å²) in [4.78, 5) is 29.2. The molecule has 7 heteroatoms. The highest BCUT2D eigenvalue weighted by Crippen LogP contribution is 2.21. The number of carbonyl (C=O) groups excluding carboxylic acids is 2. The normalized spacial score (nSPS) is 11.3. The topological polar surface area (TPSA) is 74.3 Å². The van der Waals surface area contributed by atoms with Gasteiger partial charge < -0.3 is 10.6 Å². The minimum absolute atomic E-state index is 0.00250. The number of amides is 2. The summed E-state index contributed by atoms with van der Waals surface area (Å²) in [7, 11) is 1.64. The number of hydrogen-bond acceptors (Lipinski definition) is 5. The van der Waals surface area contributed by atoms with Gasteiger partial charge in [-0.25, -0.2) is 4.98 Å². The third kappa shape index (κ3) is 4.78. The molecule has 1 heterocycles. The first-order valence-corrected chi connectivity index (χ1v) is 7.85. The fourth-order valence-electron chi connectivity index (χ4n) is 1.92. The first-order valence-electron chi connectivity index (χ1n) is 6.97. The zero-order valence-electron chi connectivity index (χ0n) is 13.3. The van der Waals surface area contributed by atoms with Crippen LogP contribution in [0.15, 0.2) is 5.38 Å². The monoisotopic (exact) mass is 312 g/mol. The molecule has 0 aliphatic heterocycles. The Bertz CT molecular complexity index is 499. The van der Waals surface area contributed by atoms with Crippen LogP contribution in [0, 0.1) is 5.41 Å². The van der Waals surface area contributed by atoms with Crippen LogP contribution in [0.2, 0.25) is 0 Å². The molecule has 0 bridgehead atoms. The Kier molecular flexibility index (Phi) is 6.29. The van der Waals surface area contributed by atoms with E-state index in [1.165, 1.54) is 18.3 Å². The molecule has 0 fully saturated rings. The van der Waals surface area contributed by atoms with Crippen molar-refractivity contribution in [2.75, 3.05) is 25.0 Å². The van der Waals surface area contributed by atoms with E-state index < -0.39 is 5.41 Å².